The summed E-state index contributed by atoms with van der Waals surface area (Å²) in [5.41, 5.74) is 0.241. The van der Waals surface area contributed by atoms with Crippen LogP contribution in [-0.2, 0) is 10.0 Å². The summed E-state index contributed by atoms with van der Waals surface area (Å²) in [5.74, 6) is -0.0155. The third-order valence-electron chi connectivity index (χ3n) is 3.30. The van der Waals surface area contributed by atoms with Gasteiger partial charge in [-0.15, -0.1) is 11.8 Å². The van der Waals surface area contributed by atoms with E-state index in [-0.39, 0.29) is 17.0 Å². The zero-order valence-electron chi connectivity index (χ0n) is 11.4. The molecule has 0 N–H and O–H groups in total. The molecule has 1 heterocycles. The molecule has 0 aromatic heterocycles. The second-order valence-electron chi connectivity index (χ2n) is 4.66. The highest BCUT2D eigenvalue weighted by Gasteiger charge is 2.40. The molecule has 0 radical (unpaired) electrons. The van der Waals surface area contributed by atoms with E-state index in [9.17, 15) is 13.2 Å². The van der Waals surface area contributed by atoms with Gasteiger partial charge < -0.3 is 0 Å². The Morgan fingerprint density at radius 3 is 2.45 bits per heavy atom. The Bertz CT molecular complexity index is 836. The zero-order valence-corrected chi connectivity index (χ0v) is 13.8. The smallest absolute Gasteiger partial charge is 0.268 e. The van der Waals surface area contributed by atoms with Crippen LogP contribution in [0.5, 0.6) is 0 Å². The normalized spacial score (nSPS) is 15.9. The first-order chi connectivity index (χ1) is 10.5. The van der Waals surface area contributed by atoms with Gasteiger partial charge >= 0.3 is 0 Å². The molecule has 22 heavy (non-hydrogen) atoms. The summed E-state index contributed by atoms with van der Waals surface area (Å²) in [6.07, 6.45) is 0. The van der Waals surface area contributed by atoms with Crippen LogP contribution < -0.4 is 0 Å². The summed E-state index contributed by atoms with van der Waals surface area (Å²) in [6.45, 7) is 0.117. The Hall–Kier alpha value is -1.50. The number of fused-ring (bicyclic) bond motifs is 1. The number of thioether (sulfide) groups is 1. The van der Waals surface area contributed by atoms with Crippen molar-refractivity contribution in [2.75, 3.05) is 12.3 Å². The van der Waals surface area contributed by atoms with Crippen LogP contribution in [0.4, 0.5) is 0 Å². The monoisotopic (exact) mass is 353 g/mol. The minimum atomic E-state index is -3.72. The van der Waals surface area contributed by atoms with Gasteiger partial charge in [-0.25, -0.2) is 12.7 Å². The van der Waals surface area contributed by atoms with Gasteiger partial charge in [-0.3, -0.25) is 4.79 Å². The number of nitrogens with zero attached hydrogens (tertiary/aromatic N) is 1. The van der Waals surface area contributed by atoms with Gasteiger partial charge in [0.15, 0.2) is 0 Å². The molecule has 4 nitrogen and oxygen atoms in total. The molecule has 7 heteroatoms. The first-order valence-corrected chi connectivity index (χ1v) is 9.35. The van der Waals surface area contributed by atoms with E-state index in [4.69, 9.17) is 11.6 Å². The van der Waals surface area contributed by atoms with E-state index >= 15 is 0 Å². The van der Waals surface area contributed by atoms with E-state index in [2.05, 4.69) is 0 Å². The van der Waals surface area contributed by atoms with Crippen LogP contribution in [-0.4, -0.2) is 30.9 Å². The van der Waals surface area contributed by atoms with Crippen LogP contribution in [0.3, 0.4) is 0 Å². The van der Waals surface area contributed by atoms with Crippen LogP contribution in [0.25, 0.3) is 0 Å². The number of hydrogen-bond acceptors (Lipinski definition) is 4. The molecule has 0 unspecified atom stereocenters. The third kappa shape index (κ3) is 2.62. The number of carbonyl (C=O) groups excluding carboxylic acids is 1. The first kappa shape index (κ1) is 15.4. The molecular weight excluding hydrogens is 342 g/mol. The Morgan fingerprint density at radius 1 is 1.05 bits per heavy atom. The zero-order chi connectivity index (χ0) is 15.7. The Labute approximate surface area is 138 Å². The highest BCUT2D eigenvalue weighted by atomic mass is 35.5. The lowest BCUT2D eigenvalue weighted by atomic mass is 10.2. The summed E-state index contributed by atoms with van der Waals surface area (Å²) < 4.78 is 25.7. The Balaban J connectivity index is 1.75. The predicted molar refractivity (Wildman–Crippen MR) is 86.8 cm³/mol. The molecular formula is C15H12ClNO3S2. The van der Waals surface area contributed by atoms with Crippen molar-refractivity contribution in [2.24, 2.45) is 0 Å². The highest BCUT2D eigenvalue weighted by Crippen LogP contribution is 2.31. The van der Waals surface area contributed by atoms with Crippen molar-refractivity contribution in [1.29, 1.82) is 0 Å². The van der Waals surface area contributed by atoms with Gasteiger partial charge in [-0.1, -0.05) is 35.9 Å². The lowest BCUT2D eigenvalue weighted by Crippen LogP contribution is -2.32. The van der Waals surface area contributed by atoms with Crippen LogP contribution >= 0.6 is 23.4 Å². The van der Waals surface area contributed by atoms with Crippen molar-refractivity contribution in [3.63, 3.8) is 0 Å². The van der Waals surface area contributed by atoms with Crippen molar-refractivity contribution >= 4 is 39.3 Å². The summed E-state index contributed by atoms with van der Waals surface area (Å²) in [7, 11) is -3.72. The first-order valence-electron chi connectivity index (χ1n) is 6.55. The van der Waals surface area contributed by atoms with Crippen LogP contribution in [0.15, 0.2) is 58.3 Å². The molecule has 0 saturated heterocycles. The average Bonchev–Trinajstić information content (AvgIpc) is 2.70. The van der Waals surface area contributed by atoms with E-state index in [0.29, 0.717) is 10.8 Å². The quantitative estimate of drug-likeness (QED) is 0.791. The summed E-state index contributed by atoms with van der Waals surface area (Å²) in [4.78, 5) is 13.2. The van der Waals surface area contributed by atoms with Crippen LogP contribution in [0.2, 0.25) is 5.02 Å². The fourth-order valence-corrected chi connectivity index (χ4v) is 5.11. The molecule has 0 saturated carbocycles. The maximum absolute atomic E-state index is 12.4. The van der Waals surface area contributed by atoms with Gasteiger partial charge in [-0.2, -0.15) is 0 Å². The maximum atomic E-state index is 12.4. The van der Waals surface area contributed by atoms with E-state index in [1.54, 1.807) is 18.2 Å². The molecule has 0 aliphatic carbocycles. The highest BCUT2D eigenvalue weighted by molar-refractivity contribution is 7.99. The molecule has 0 fully saturated rings. The van der Waals surface area contributed by atoms with E-state index in [0.717, 1.165) is 9.20 Å². The molecule has 0 bridgehead atoms. The van der Waals surface area contributed by atoms with Crippen LogP contribution in [0.1, 0.15) is 10.4 Å². The topological polar surface area (TPSA) is 54.5 Å². The molecule has 0 atom stereocenters. The molecule has 3 rings (SSSR count). The number of sulfonamides is 1. The average molecular weight is 354 g/mol. The van der Waals surface area contributed by atoms with Gasteiger partial charge in [-0.05, 0) is 24.3 Å². The molecule has 2 aromatic rings. The van der Waals surface area contributed by atoms with Gasteiger partial charge in [0.05, 0.1) is 10.6 Å². The lowest BCUT2D eigenvalue weighted by Gasteiger charge is -2.14. The minimum Gasteiger partial charge on any atom is -0.268 e. The fraction of sp³-hybridized carbons (Fsp3) is 0.133. The third-order valence-corrected chi connectivity index (χ3v) is 6.64. The van der Waals surface area contributed by atoms with Crippen molar-refractivity contribution in [3.05, 3.63) is 59.1 Å². The minimum absolute atomic E-state index is 0.0859. The maximum Gasteiger partial charge on any atom is 0.269 e. The molecule has 1 aliphatic heterocycles. The second-order valence-corrected chi connectivity index (χ2v) is 8.03. The number of halogens is 1. The largest absolute Gasteiger partial charge is 0.269 e. The SMILES string of the molecule is O=C1c2ccccc2S(=O)(=O)N1CCSc1ccccc1Cl. The molecule has 1 amide bonds. The van der Waals surface area contributed by atoms with Crippen molar-refractivity contribution < 1.29 is 13.2 Å². The number of hydrogen-bond donors (Lipinski definition) is 0. The number of rotatable bonds is 4. The Morgan fingerprint density at radius 2 is 1.73 bits per heavy atom. The van der Waals surface area contributed by atoms with E-state index < -0.39 is 15.9 Å². The van der Waals surface area contributed by atoms with E-state index in [1.807, 2.05) is 18.2 Å². The summed E-state index contributed by atoms with van der Waals surface area (Å²) in [6, 6.07) is 13.6. The molecule has 0 spiro atoms. The van der Waals surface area contributed by atoms with Crippen molar-refractivity contribution in [1.82, 2.24) is 4.31 Å². The van der Waals surface area contributed by atoms with Gasteiger partial charge in [0, 0.05) is 17.2 Å². The Kier molecular flexibility index (Phi) is 4.16. The molecule has 114 valence electrons. The molecule has 2 aromatic carbocycles. The van der Waals surface area contributed by atoms with Gasteiger partial charge in [0.1, 0.15) is 4.90 Å². The molecule has 1 aliphatic rings. The standard InChI is InChI=1S/C15H12ClNO3S2/c16-12-6-2-3-7-13(12)21-10-9-17-15(18)11-5-1-4-8-14(11)22(17,19)20/h1-8H,9-10H2. The van der Waals surface area contributed by atoms with Gasteiger partial charge in [0.2, 0.25) is 0 Å². The van der Waals surface area contributed by atoms with Gasteiger partial charge in [0.25, 0.3) is 15.9 Å². The number of benzene rings is 2. The summed E-state index contributed by atoms with van der Waals surface area (Å²) >= 11 is 7.48. The van der Waals surface area contributed by atoms with Crippen molar-refractivity contribution in [3.8, 4) is 0 Å². The van der Waals surface area contributed by atoms with Crippen molar-refractivity contribution in [2.45, 2.75) is 9.79 Å². The lowest BCUT2D eigenvalue weighted by molar-refractivity contribution is 0.0876. The predicted octanol–water partition coefficient (Wildman–Crippen LogP) is 3.28. The fourth-order valence-electron chi connectivity index (χ4n) is 2.25. The van der Waals surface area contributed by atoms with E-state index in [1.165, 1.54) is 23.9 Å². The number of carbonyl (C=O) groups is 1. The number of amides is 1. The second kappa shape index (κ2) is 5.95. The van der Waals surface area contributed by atoms with Crippen LogP contribution in [0, 0.1) is 0 Å². The summed E-state index contributed by atoms with van der Waals surface area (Å²) in [5, 5.41) is 0.617.